The molecule has 3 heterocycles. The first-order valence-corrected chi connectivity index (χ1v) is 13.4. The van der Waals surface area contributed by atoms with Crippen molar-refractivity contribution in [2.75, 3.05) is 13.1 Å². The molecule has 0 spiro atoms. The smallest absolute Gasteiger partial charge is 0.235 e. The Bertz CT molecular complexity index is 1300. The standard InChI is InChI=1S/C29H31N5OS/c1-21-9-6-7-13-26(21)34-27(25-12-8-16-30-20-25)31-32-29(34)36-22(2)28(35)33-17-14-24(15-18-33)19-23-10-4-3-5-11-23/h3-13,16,20,22,24H,14-15,17-19H2,1-2H3/t22-/m1/s1. The summed E-state index contributed by atoms with van der Waals surface area (Å²) in [6.45, 7) is 5.67. The van der Waals surface area contributed by atoms with Gasteiger partial charge in [-0.2, -0.15) is 0 Å². The van der Waals surface area contributed by atoms with Crippen LogP contribution in [0.3, 0.4) is 0 Å². The summed E-state index contributed by atoms with van der Waals surface area (Å²) in [6, 6.07) is 22.7. The molecule has 1 fully saturated rings. The van der Waals surface area contributed by atoms with E-state index in [9.17, 15) is 4.79 Å². The van der Waals surface area contributed by atoms with E-state index in [0.29, 0.717) is 11.1 Å². The van der Waals surface area contributed by atoms with Crippen molar-refractivity contribution in [1.82, 2.24) is 24.6 Å². The van der Waals surface area contributed by atoms with Crippen molar-refractivity contribution in [2.24, 2.45) is 5.92 Å². The molecule has 0 bridgehead atoms. The molecule has 0 unspecified atom stereocenters. The van der Waals surface area contributed by atoms with Crippen LogP contribution in [0.4, 0.5) is 0 Å². The van der Waals surface area contributed by atoms with Gasteiger partial charge in [-0.1, -0.05) is 60.3 Å². The van der Waals surface area contributed by atoms with Crippen molar-refractivity contribution in [3.63, 3.8) is 0 Å². The fraction of sp³-hybridized carbons (Fsp3) is 0.310. The lowest BCUT2D eigenvalue weighted by Gasteiger charge is -2.33. The molecule has 36 heavy (non-hydrogen) atoms. The number of hydrogen-bond acceptors (Lipinski definition) is 5. The lowest BCUT2D eigenvalue weighted by molar-refractivity contribution is -0.131. The maximum Gasteiger partial charge on any atom is 0.235 e. The largest absolute Gasteiger partial charge is 0.342 e. The van der Waals surface area contributed by atoms with Crippen LogP contribution in [0.5, 0.6) is 0 Å². The maximum atomic E-state index is 13.4. The average molecular weight is 498 g/mol. The van der Waals surface area contributed by atoms with Gasteiger partial charge in [0.05, 0.1) is 10.9 Å². The molecule has 0 N–H and O–H groups in total. The highest BCUT2D eigenvalue weighted by Crippen LogP contribution is 2.32. The van der Waals surface area contributed by atoms with Gasteiger partial charge in [0.2, 0.25) is 5.91 Å². The highest BCUT2D eigenvalue weighted by atomic mass is 32.2. The van der Waals surface area contributed by atoms with E-state index < -0.39 is 0 Å². The highest BCUT2D eigenvalue weighted by Gasteiger charge is 2.29. The van der Waals surface area contributed by atoms with Gasteiger partial charge in [-0.05, 0) is 68.4 Å². The number of benzene rings is 2. The molecule has 6 nitrogen and oxygen atoms in total. The van der Waals surface area contributed by atoms with Gasteiger partial charge in [0.15, 0.2) is 11.0 Å². The van der Waals surface area contributed by atoms with E-state index in [0.717, 1.165) is 55.0 Å². The Morgan fingerprint density at radius 2 is 1.75 bits per heavy atom. The number of para-hydroxylation sites is 1. The molecule has 0 saturated carbocycles. The molecule has 5 rings (SSSR count). The van der Waals surface area contributed by atoms with Crippen molar-refractivity contribution >= 4 is 17.7 Å². The van der Waals surface area contributed by atoms with E-state index in [-0.39, 0.29) is 11.2 Å². The SMILES string of the molecule is Cc1ccccc1-n1c(S[C@H](C)C(=O)N2CCC(Cc3ccccc3)CC2)nnc1-c1cccnc1. The third-order valence-electron chi connectivity index (χ3n) is 6.83. The molecular weight excluding hydrogens is 466 g/mol. The van der Waals surface area contributed by atoms with Crippen molar-refractivity contribution in [3.8, 4) is 17.1 Å². The minimum absolute atomic E-state index is 0.167. The van der Waals surface area contributed by atoms with Crippen LogP contribution in [0.25, 0.3) is 17.1 Å². The molecule has 4 aromatic rings. The summed E-state index contributed by atoms with van der Waals surface area (Å²) in [5, 5.41) is 9.47. The number of carbonyl (C=O) groups excluding carboxylic acids is 1. The Morgan fingerprint density at radius 1 is 1.00 bits per heavy atom. The summed E-state index contributed by atoms with van der Waals surface area (Å²) < 4.78 is 2.05. The molecular formula is C29H31N5OS. The lowest BCUT2D eigenvalue weighted by Crippen LogP contribution is -2.42. The summed E-state index contributed by atoms with van der Waals surface area (Å²) in [4.78, 5) is 19.7. The van der Waals surface area contributed by atoms with Gasteiger partial charge in [0.1, 0.15) is 0 Å². The molecule has 0 radical (unpaired) electrons. The van der Waals surface area contributed by atoms with Gasteiger partial charge in [-0.3, -0.25) is 14.3 Å². The molecule has 1 atom stereocenters. The fourth-order valence-electron chi connectivity index (χ4n) is 4.83. The number of pyridine rings is 1. The average Bonchev–Trinajstić information content (AvgIpc) is 3.33. The molecule has 184 valence electrons. The van der Waals surface area contributed by atoms with Gasteiger partial charge in [-0.15, -0.1) is 10.2 Å². The summed E-state index contributed by atoms with van der Waals surface area (Å²) in [7, 11) is 0. The third-order valence-corrected chi connectivity index (χ3v) is 7.86. The van der Waals surface area contributed by atoms with Crippen LogP contribution >= 0.6 is 11.8 Å². The van der Waals surface area contributed by atoms with Crippen molar-refractivity contribution in [2.45, 2.75) is 43.5 Å². The Hall–Kier alpha value is -3.45. The van der Waals surface area contributed by atoms with Crippen molar-refractivity contribution in [3.05, 3.63) is 90.3 Å². The second kappa shape index (κ2) is 11.1. The van der Waals surface area contributed by atoms with E-state index >= 15 is 0 Å². The fourth-order valence-corrected chi connectivity index (χ4v) is 5.77. The Balaban J connectivity index is 1.30. The minimum Gasteiger partial charge on any atom is -0.342 e. The number of piperidine rings is 1. The number of aromatic nitrogens is 4. The molecule has 1 amide bonds. The van der Waals surface area contributed by atoms with Gasteiger partial charge >= 0.3 is 0 Å². The zero-order valence-corrected chi connectivity index (χ0v) is 21.6. The van der Waals surface area contributed by atoms with Crippen LogP contribution in [-0.2, 0) is 11.2 Å². The molecule has 2 aromatic carbocycles. The molecule has 0 aliphatic carbocycles. The zero-order chi connectivity index (χ0) is 24.9. The van der Waals surface area contributed by atoms with E-state index in [1.54, 1.807) is 12.4 Å². The van der Waals surface area contributed by atoms with Gasteiger partial charge < -0.3 is 4.90 Å². The monoisotopic (exact) mass is 497 g/mol. The van der Waals surface area contributed by atoms with Crippen LogP contribution in [0.15, 0.2) is 84.3 Å². The highest BCUT2D eigenvalue weighted by molar-refractivity contribution is 8.00. The Morgan fingerprint density at radius 3 is 2.47 bits per heavy atom. The molecule has 7 heteroatoms. The number of thioether (sulfide) groups is 1. The molecule has 1 aliphatic rings. The van der Waals surface area contributed by atoms with Crippen LogP contribution in [0, 0.1) is 12.8 Å². The summed E-state index contributed by atoms with van der Waals surface area (Å²) in [6.07, 6.45) is 6.72. The number of nitrogens with zero attached hydrogens (tertiary/aromatic N) is 5. The number of carbonyl (C=O) groups is 1. The summed E-state index contributed by atoms with van der Waals surface area (Å²) in [5.41, 5.74) is 4.39. The molecule has 1 saturated heterocycles. The predicted molar refractivity (Wildman–Crippen MR) is 144 cm³/mol. The predicted octanol–water partition coefficient (Wildman–Crippen LogP) is 5.60. The third kappa shape index (κ3) is 5.36. The number of rotatable bonds is 7. The van der Waals surface area contributed by atoms with Gasteiger partial charge in [0.25, 0.3) is 0 Å². The molecule has 1 aliphatic heterocycles. The first kappa shape index (κ1) is 24.3. The maximum absolute atomic E-state index is 13.4. The second-order valence-corrected chi connectivity index (χ2v) is 10.7. The number of likely N-dealkylation sites (tertiary alicyclic amines) is 1. The normalized spacial score (nSPS) is 15.1. The lowest BCUT2D eigenvalue weighted by atomic mass is 9.90. The van der Waals surface area contributed by atoms with Crippen molar-refractivity contribution < 1.29 is 4.79 Å². The Labute approximate surface area is 216 Å². The van der Waals surface area contributed by atoms with E-state index in [2.05, 4.69) is 64.6 Å². The van der Waals surface area contributed by atoms with Crippen LogP contribution in [0.2, 0.25) is 0 Å². The van der Waals surface area contributed by atoms with E-state index in [4.69, 9.17) is 0 Å². The zero-order valence-electron chi connectivity index (χ0n) is 20.7. The minimum atomic E-state index is -0.260. The first-order valence-electron chi connectivity index (χ1n) is 12.5. The Kier molecular flexibility index (Phi) is 7.47. The van der Waals surface area contributed by atoms with E-state index in [1.165, 1.54) is 17.3 Å². The van der Waals surface area contributed by atoms with Gasteiger partial charge in [-0.25, -0.2) is 0 Å². The second-order valence-electron chi connectivity index (χ2n) is 9.39. The topological polar surface area (TPSA) is 63.9 Å². The van der Waals surface area contributed by atoms with Crippen LogP contribution in [-0.4, -0.2) is 48.9 Å². The van der Waals surface area contributed by atoms with Crippen LogP contribution < -0.4 is 0 Å². The van der Waals surface area contributed by atoms with Crippen molar-refractivity contribution in [1.29, 1.82) is 0 Å². The summed E-state index contributed by atoms with van der Waals surface area (Å²) >= 11 is 1.47. The first-order chi connectivity index (χ1) is 17.6. The molecule has 2 aromatic heterocycles. The number of amides is 1. The number of hydrogen-bond donors (Lipinski definition) is 0. The summed E-state index contributed by atoms with van der Waals surface area (Å²) in [5.74, 6) is 1.52. The quantitative estimate of drug-likeness (QED) is 0.311. The number of aryl methyl sites for hydroxylation is 1. The van der Waals surface area contributed by atoms with Gasteiger partial charge in [0, 0.05) is 31.0 Å². The van der Waals surface area contributed by atoms with Crippen LogP contribution in [0.1, 0.15) is 30.9 Å². The van der Waals surface area contributed by atoms with E-state index in [1.807, 2.05) is 40.7 Å².